The van der Waals surface area contributed by atoms with Crippen LogP contribution in [0.4, 0.5) is 0 Å². The van der Waals surface area contributed by atoms with Crippen LogP contribution in [0, 0.1) is 5.92 Å². The fraction of sp³-hybridized carbons (Fsp3) is 0.619. The lowest BCUT2D eigenvalue weighted by Crippen LogP contribution is -2.47. The van der Waals surface area contributed by atoms with Crippen LogP contribution < -0.4 is 5.32 Å². The van der Waals surface area contributed by atoms with Crippen LogP contribution in [0.15, 0.2) is 35.3 Å². The van der Waals surface area contributed by atoms with Crippen LogP contribution in [-0.4, -0.2) is 56.7 Å². The highest BCUT2D eigenvalue weighted by Crippen LogP contribution is 2.19. The number of likely N-dealkylation sites (tertiary alicyclic amines) is 1. The number of benzene rings is 1. The van der Waals surface area contributed by atoms with Gasteiger partial charge < -0.3 is 19.7 Å². The minimum absolute atomic E-state index is 0. The number of hydrogen-bond acceptors (Lipinski definition) is 4. The quantitative estimate of drug-likeness (QED) is 0.193. The molecule has 1 heterocycles. The predicted molar refractivity (Wildman–Crippen MR) is 123 cm³/mol. The van der Waals surface area contributed by atoms with Gasteiger partial charge in [-0.2, -0.15) is 0 Å². The molecular weight excluding hydrogens is 469 g/mol. The molecule has 1 aromatic carbocycles. The van der Waals surface area contributed by atoms with Crippen molar-refractivity contribution in [1.82, 2.24) is 10.2 Å². The van der Waals surface area contributed by atoms with Gasteiger partial charge in [0.1, 0.15) is 0 Å². The van der Waals surface area contributed by atoms with Crippen molar-refractivity contribution in [3.05, 3.63) is 35.9 Å². The van der Waals surface area contributed by atoms with Crippen LogP contribution in [0.1, 0.15) is 44.8 Å². The first kappa shape index (κ1) is 24.7. The first-order chi connectivity index (χ1) is 13.2. The Labute approximate surface area is 186 Å². The summed E-state index contributed by atoms with van der Waals surface area (Å²) in [5.74, 6) is 0.852. The molecule has 0 aromatic heterocycles. The second-order valence-corrected chi connectivity index (χ2v) is 6.76. The SMILES string of the molecule is CCOC(=O)C1CCN(C(=NC)NCCCOC(C)c2ccccc2)CC1.I. The number of nitrogens with one attached hydrogen (secondary N) is 1. The zero-order valence-electron chi connectivity index (χ0n) is 17.2. The lowest BCUT2D eigenvalue weighted by molar-refractivity contribution is -0.149. The van der Waals surface area contributed by atoms with E-state index in [9.17, 15) is 4.79 Å². The number of nitrogens with zero attached hydrogens (tertiary/aromatic N) is 2. The molecule has 0 amide bonds. The number of hydrogen-bond donors (Lipinski definition) is 1. The number of piperidine rings is 1. The fourth-order valence-corrected chi connectivity index (χ4v) is 3.27. The van der Waals surface area contributed by atoms with Gasteiger partial charge in [-0.25, -0.2) is 0 Å². The normalized spacial score (nSPS) is 16.2. The Morgan fingerprint density at radius 2 is 1.96 bits per heavy atom. The molecule has 28 heavy (non-hydrogen) atoms. The molecule has 1 N–H and O–H groups in total. The van der Waals surface area contributed by atoms with Gasteiger partial charge in [0.25, 0.3) is 0 Å². The Morgan fingerprint density at radius 1 is 1.29 bits per heavy atom. The largest absolute Gasteiger partial charge is 0.466 e. The third-order valence-electron chi connectivity index (χ3n) is 4.87. The van der Waals surface area contributed by atoms with E-state index in [2.05, 4.69) is 34.3 Å². The number of carbonyl (C=O) groups excluding carboxylic acids is 1. The second kappa shape index (κ2) is 13.8. The standard InChI is InChI=1S/C21H33N3O3.HI/c1-4-26-20(25)19-11-14-24(15-12-19)21(22-3)23-13-8-16-27-17(2)18-9-6-5-7-10-18;/h5-7,9-10,17,19H,4,8,11-16H2,1-3H3,(H,22,23);1H. The Morgan fingerprint density at radius 3 is 2.57 bits per heavy atom. The van der Waals surface area contributed by atoms with E-state index in [0.717, 1.165) is 44.9 Å². The fourth-order valence-electron chi connectivity index (χ4n) is 3.27. The van der Waals surface area contributed by atoms with E-state index in [1.54, 1.807) is 7.05 Å². The van der Waals surface area contributed by atoms with Gasteiger partial charge in [0, 0.05) is 33.3 Å². The first-order valence-corrected chi connectivity index (χ1v) is 9.94. The van der Waals surface area contributed by atoms with Crippen molar-refractivity contribution >= 4 is 35.9 Å². The van der Waals surface area contributed by atoms with E-state index < -0.39 is 0 Å². The maximum Gasteiger partial charge on any atom is 0.309 e. The van der Waals surface area contributed by atoms with Crippen molar-refractivity contribution in [2.24, 2.45) is 10.9 Å². The predicted octanol–water partition coefficient (Wildman–Crippen LogP) is 3.62. The van der Waals surface area contributed by atoms with Gasteiger partial charge in [-0.05, 0) is 38.7 Å². The maximum absolute atomic E-state index is 11.8. The highest BCUT2D eigenvalue weighted by atomic mass is 127. The average Bonchev–Trinajstić information content (AvgIpc) is 2.71. The third-order valence-corrected chi connectivity index (χ3v) is 4.87. The van der Waals surface area contributed by atoms with Crippen molar-refractivity contribution in [3.63, 3.8) is 0 Å². The topological polar surface area (TPSA) is 63.2 Å². The number of halogens is 1. The van der Waals surface area contributed by atoms with Crippen molar-refractivity contribution in [2.45, 2.75) is 39.2 Å². The Kier molecular flexibility index (Phi) is 12.1. The molecule has 0 aliphatic carbocycles. The summed E-state index contributed by atoms with van der Waals surface area (Å²) in [6, 6.07) is 10.3. The summed E-state index contributed by atoms with van der Waals surface area (Å²) in [6.07, 6.45) is 2.65. The van der Waals surface area contributed by atoms with Crippen LogP contribution >= 0.6 is 24.0 Å². The number of guanidine groups is 1. The molecular formula is C21H34IN3O3. The van der Waals surface area contributed by atoms with E-state index in [1.807, 2.05) is 25.1 Å². The Hall–Kier alpha value is -1.35. The summed E-state index contributed by atoms with van der Waals surface area (Å²) in [4.78, 5) is 18.4. The summed E-state index contributed by atoms with van der Waals surface area (Å²) >= 11 is 0. The first-order valence-electron chi connectivity index (χ1n) is 9.94. The number of aliphatic imine (C=N–C) groups is 1. The van der Waals surface area contributed by atoms with E-state index in [4.69, 9.17) is 9.47 Å². The third kappa shape index (κ3) is 7.95. The number of esters is 1. The van der Waals surface area contributed by atoms with Gasteiger partial charge >= 0.3 is 5.97 Å². The van der Waals surface area contributed by atoms with Crippen molar-refractivity contribution in [1.29, 1.82) is 0 Å². The van der Waals surface area contributed by atoms with E-state index in [1.165, 1.54) is 5.56 Å². The minimum Gasteiger partial charge on any atom is -0.466 e. The molecule has 1 aliphatic rings. The molecule has 0 saturated carbocycles. The summed E-state index contributed by atoms with van der Waals surface area (Å²) in [7, 11) is 1.80. The molecule has 158 valence electrons. The van der Waals surface area contributed by atoms with E-state index in [-0.39, 0.29) is 42.0 Å². The van der Waals surface area contributed by atoms with Gasteiger partial charge in [-0.1, -0.05) is 30.3 Å². The molecule has 1 fully saturated rings. The zero-order chi connectivity index (χ0) is 19.5. The van der Waals surface area contributed by atoms with Crippen molar-refractivity contribution in [3.8, 4) is 0 Å². The second-order valence-electron chi connectivity index (χ2n) is 6.76. The highest BCUT2D eigenvalue weighted by molar-refractivity contribution is 14.0. The molecule has 7 heteroatoms. The smallest absolute Gasteiger partial charge is 0.309 e. The monoisotopic (exact) mass is 503 g/mol. The van der Waals surface area contributed by atoms with Crippen LogP contribution in [0.25, 0.3) is 0 Å². The summed E-state index contributed by atoms with van der Waals surface area (Å²) in [6.45, 7) is 7.54. The minimum atomic E-state index is -0.0650. The van der Waals surface area contributed by atoms with Gasteiger partial charge in [-0.3, -0.25) is 9.79 Å². The van der Waals surface area contributed by atoms with Crippen molar-refractivity contribution in [2.75, 3.05) is 39.9 Å². The lowest BCUT2D eigenvalue weighted by atomic mass is 9.97. The number of carbonyl (C=O) groups is 1. The summed E-state index contributed by atoms with van der Waals surface area (Å²) < 4.78 is 11.0. The van der Waals surface area contributed by atoms with Crippen LogP contribution in [-0.2, 0) is 14.3 Å². The van der Waals surface area contributed by atoms with E-state index >= 15 is 0 Å². The zero-order valence-corrected chi connectivity index (χ0v) is 19.6. The number of ether oxygens (including phenoxy) is 2. The maximum atomic E-state index is 11.8. The Bertz CT molecular complexity index is 590. The average molecular weight is 503 g/mol. The molecule has 1 saturated heterocycles. The van der Waals surface area contributed by atoms with Gasteiger partial charge in [0.15, 0.2) is 5.96 Å². The molecule has 1 unspecified atom stereocenters. The van der Waals surface area contributed by atoms with Crippen LogP contribution in [0.5, 0.6) is 0 Å². The number of rotatable bonds is 8. The van der Waals surface area contributed by atoms with E-state index in [0.29, 0.717) is 13.2 Å². The molecule has 2 rings (SSSR count). The molecule has 0 spiro atoms. The molecule has 6 nitrogen and oxygen atoms in total. The van der Waals surface area contributed by atoms with Crippen molar-refractivity contribution < 1.29 is 14.3 Å². The van der Waals surface area contributed by atoms with Gasteiger partial charge in [0.05, 0.1) is 18.6 Å². The van der Waals surface area contributed by atoms with Gasteiger partial charge in [0.2, 0.25) is 0 Å². The van der Waals surface area contributed by atoms with Crippen LogP contribution in [0.3, 0.4) is 0 Å². The highest BCUT2D eigenvalue weighted by Gasteiger charge is 2.27. The molecule has 0 radical (unpaired) electrons. The summed E-state index contributed by atoms with van der Waals surface area (Å²) in [5, 5.41) is 3.40. The molecule has 1 aliphatic heterocycles. The molecule has 1 aromatic rings. The lowest BCUT2D eigenvalue weighted by Gasteiger charge is -2.33. The van der Waals surface area contributed by atoms with Gasteiger partial charge in [-0.15, -0.1) is 24.0 Å². The molecule has 1 atom stereocenters. The summed E-state index contributed by atoms with van der Waals surface area (Å²) in [5.41, 5.74) is 1.20. The van der Waals surface area contributed by atoms with Crippen LogP contribution in [0.2, 0.25) is 0 Å². The Balaban J connectivity index is 0.00000392. The molecule has 0 bridgehead atoms.